The van der Waals surface area contributed by atoms with Crippen molar-refractivity contribution < 1.29 is 0 Å². The SMILES string of the molecule is Cc1ccc(-n2c3ccccc3c3cc(N(c4ccc(-c5cccc(-c6cccc(N(c7cccc(-c8ccccc8)c7)c7ccc8c(c7)c7ccccc7n8-c7ccc(C)cc7)c6)c5)cc4)c4cccc(-c5ccccc5)c4)ccc32)cc1. The highest BCUT2D eigenvalue weighted by atomic mass is 15.1. The van der Waals surface area contributed by atoms with Crippen molar-refractivity contribution in [2.75, 3.05) is 9.80 Å². The van der Waals surface area contributed by atoms with E-state index in [0.717, 1.165) is 73.3 Å². The van der Waals surface area contributed by atoms with E-state index in [-0.39, 0.29) is 0 Å². The van der Waals surface area contributed by atoms with E-state index in [4.69, 9.17) is 0 Å². The quantitative estimate of drug-likeness (QED) is 0.121. The molecule has 0 atom stereocenters. The van der Waals surface area contributed by atoms with Crippen molar-refractivity contribution in [2.24, 2.45) is 0 Å². The third-order valence-corrected chi connectivity index (χ3v) is 16.6. The van der Waals surface area contributed by atoms with Crippen LogP contribution in [0.15, 0.2) is 315 Å². The Morgan fingerprint density at radius 3 is 0.964 bits per heavy atom. The number of hydrogen-bond acceptors (Lipinski definition) is 2. The smallest absolute Gasteiger partial charge is 0.0542 e. The lowest BCUT2D eigenvalue weighted by atomic mass is 9.98. The first-order valence-corrected chi connectivity index (χ1v) is 28.9. The van der Waals surface area contributed by atoms with Crippen molar-refractivity contribution in [2.45, 2.75) is 13.8 Å². The van der Waals surface area contributed by atoms with Gasteiger partial charge in [-0.05, 0) is 186 Å². The number of rotatable bonds is 12. The Morgan fingerprint density at radius 1 is 0.202 bits per heavy atom. The van der Waals surface area contributed by atoms with Gasteiger partial charge in [-0.1, -0.05) is 199 Å². The third-order valence-electron chi connectivity index (χ3n) is 16.6. The van der Waals surface area contributed by atoms with Gasteiger partial charge in [0.2, 0.25) is 0 Å². The van der Waals surface area contributed by atoms with Gasteiger partial charge in [0.05, 0.1) is 22.1 Å². The Bertz CT molecular complexity index is 4900. The zero-order valence-corrected chi connectivity index (χ0v) is 46.8. The molecule has 0 saturated carbocycles. The molecule has 0 aliphatic carbocycles. The molecule has 0 aliphatic rings. The van der Waals surface area contributed by atoms with Crippen molar-refractivity contribution >= 4 is 77.7 Å². The molecule has 0 unspecified atom stereocenters. The van der Waals surface area contributed by atoms with Gasteiger partial charge >= 0.3 is 0 Å². The van der Waals surface area contributed by atoms with E-state index >= 15 is 0 Å². The van der Waals surface area contributed by atoms with Gasteiger partial charge < -0.3 is 18.9 Å². The maximum Gasteiger partial charge on any atom is 0.0542 e. The van der Waals surface area contributed by atoms with Crippen LogP contribution >= 0.6 is 0 Å². The third kappa shape index (κ3) is 9.17. The number of aryl methyl sites for hydroxylation is 2. The molecule has 398 valence electrons. The molecule has 0 amide bonds. The Kier molecular flexibility index (Phi) is 12.6. The molecule has 0 fully saturated rings. The van der Waals surface area contributed by atoms with Crippen LogP contribution in [0.2, 0.25) is 0 Å². The van der Waals surface area contributed by atoms with E-state index in [1.54, 1.807) is 0 Å². The minimum atomic E-state index is 1.07. The van der Waals surface area contributed by atoms with Gasteiger partial charge in [0.25, 0.3) is 0 Å². The molecule has 0 saturated heterocycles. The molecule has 0 spiro atoms. The summed E-state index contributed by atoms with van der Waals surface area (Å²) in [5.74, 6) is 0. The summed E-state index contributed by atoms with van der Waals surface area (Å²) < 4.78 is 4.78. The van der Waals surface area contributed by atoms with Crippen molar-refractivity contribution in [1.29, 1.82) is 0 Å². The minimum Gasteiger partial charge on any atom is -0.310 e. The maximum atomic E-state index is 2.41. The lowest BCUT2D eigenvalue weighted by Crippen LogP contribution is -2.10. The Hall–Kier alpha value is -10.9. The molecule has 4 nitrogen and oxygen atoms in total. The molecular formula is C80H58N4. The lowest BCUT2D eigenvalue weighted by molar-refractivity contribution is 1.17. The highest BCUT2D eigenvalue weighted by molar-refractivity contribution is 6.12. The average molecular weight is 1080 g/mol. The molecule has 15 rings (SSSR count). The lowest BCUT2D eigenvalue weighted by Gasteiger charge is -2.27. The van der Waals surface area contributed by atoms with Crippen LogP contribution < -0.4 is 9.80 Å². The second-order valence-electron chi connectivity index (χ2n) is 22.0. The van der Waals surface area contributed by atoms with E-state index in [9.17, 15) is 0 Å². The van der Waals surface area contributed by atoms with Crippen LogP contribution in [0.1, 0.15) is 11.1 Å². The van der Waals surface area contributed by atoms with Crippen LogP contribution in [0, 0.1) is 13.8 Å². The zero-order chi connectivity index (χ0) is 56.1. The van der Waals surface area contributed by atoms with Crippen LogP contribution in [-0.4, -0.2) is 9.13 Å². The van der Waals surface area contributed by atoms with Gasteiger partial charge in [0, 0.05) is 67.0 Å². The van der Waals surface area contributed by atoms with Gasteiger partial charge in [-0.25, -0.2) is 0 Å². The van der Waals surface area contributed by atoms with E-state index < -0.39 is 0 Å². The fourth-order valence-electron chi connectivity index (χ4n) is 12.5. The number of hydrogen-bond donors (Lipinski definition) is 0. The second-order valence-corrected chi connectivity index (χ2v) is 22.0. The van der Waals surface area contributed by atoms with Gasteiger partial charge in [0.15, 0.2) is 0 Å². The standard InChI is InChI=1S/C80H58N4/c1-55-33-39-66(40-34-55)83-77-31-11-9-29-73(77)75-53-71(45-47-79(75)83)81(68-26-14-23-62(50-68)57-17-5-3-6-18-57)65-43-37-59(38-44-65)60-21-13-22-61(49-60)64-25-16-28-70(52-64)82(69-27-15-24-63(51-69)58-19-7-4-8-20-58)72-46-48-80-76(54-72)74-30-10-12-32-78(74)84(80)67-41-35-56(2)36-42-67/h3-54H,1-2H3. The van der Waals surface area contributed by atoms with Gasteiger partial charge in [0.1, 0.15) is 0 Å². The topological polar surface area (TPSA) is 16.3 Å². The maximum absolute atomic E-state index is 2.41. The van der Waals surface area contributed by atoms with Crippen LogP contribution in [0.4, 0.5) is 34.1 Å². The van der Waals surface area contributed by atoms with Gasteiger partial charge in [-0.3, -0.25) is 0 Å². The Balaban J connectivity index is 0.810. The predicted octanol–water partition coefficient (Wildman–Crippen LogP) is 22.1. The fraction of sp³-hybridized carbons (Fsp3) is 0.0250. The number of anilines is 6. The monoisotopic (exact) mass is 1070 g/mol. The normalized spacial score (nSPS) is 11.5. The number of para-hydroxylation sites is 2. The molecule has 0 bridgehead atoms. The molecule has 2 aromatic heterocycles. The summed E-state index contributed by atoms with van der Waals surface area (Å²) in [6.45, 7) is 4.29. The minimum absolute atomic E-state index is 1.07. The first kappa shape index (κ1) is 50.1. The summed E-state index contributed by atoms with van der Waals surface area (Å²) in [4.78, 5) is 4.81. The van der Waals surface area contributed by atoms with Gasteiger partial charge in [-0.2, -0.15) is 0 Å². The highest BCUT2D eigenvalue weighted by Gasteiger charge is 2.21. The highest BCUT2D eigenvalue weighted by Crippen LogP contribution is 2.44. The largest absolute Gasteiger partial charge is 0.310 e. The van der Waals surface area contributed by atoms with Crippen molar-refractivity contribution in [1.82, 2.24) is 9.13 Å². The van der Waals surface area contributed by atoms with Crippen LogP contribution in [-0.2, 0) is 0 Å². The van der Waals surface area contributed by atoms with Crippen molar-refractivity contribution in [3.05, 3.63) is 327 Å². The van der Waals surface area contributed by atoms with Crippen LogP contribution in [0.25, 0.3) is 99.5 Å². The zero-order valence-electron chi connectivity index (χ0n) is 46.8. The van der Waals surface area contributed by atoms with Crippen molar-refractivity contribution in [3.8, 4) is 55.9 Å². The number of benzene rings is 13. The summed E-state index contributed by atoms with van der Waals surface area (Å²) in [6, 6.07) is 115. The van der Waals surface area contributed by atoms with E-state index in [0.29, 0.717) is 0 Å². The molecule has 13 aromatic carbocycles. The fourth-order valence-corrected chi connectivity index (χ4v) is 12.5. The second kappa shape index (κ2) is 21.2. The van der Waals surface area contributed by atoms with E-state index in [1.165, 1.54) is 71.4 Å². The summed E-state index contributed by atoms with van der Waals surface area (Å²) in [5, 5.41) is 4.85. The first-order chi connectivity index (χ1) is 41.5. The number of nitrogens with zero attached hydrogens (tertiary/aromatic N) is 4. The molecule has 15 aromatic rings. The molecule has 84 heavy (non-hydrogen) atoms. The summed E-state index contributed by atoms with van der Waals surface area (Å²) in [5.41, 5.74) is 25.3. The Labute approximate surface area is 490 Å². The predicted molar refractivity (Wildman–Crippen MR) is 356 cm³/mol. The van der Waals surface area contributed by atoms with Crippen LogP contribution in [0.3, 0.4) is 0 Å². The molecular weight excluding hydrogens is 1020 g/mol. The summed E-state index contributed by atoms with van der Waals surface area (Å²) in [7, 11) is 0. The first-order valence-electron chi connectivity index (χ1n) is 28.9. The van der Waals surface area contributed by atoms with Crippen molar-refractivity contribution in [3.63, 3.8) is 0 Å². The number of fused-ring (bicyclic) bond motifs is 6. The Morgan fingerprint density at radius 2 is 0.512 bits per heavy atom. The van der Waals surface area contributed by atoms with E-state index in [2.05, 4.69) is 348 Å². The molecule has 0 N–H and O–H groups in total. The number of aromatic nitrogens is 2. The average Bonchev–Trinajstić information content (AvgIpc) is 2.12. The van der Waals surface area contributed by atoms with E-state index in [1.807, 2.05) is 0 Å². The van der Waals surface area contributed by atoms with Crippen LogP contribution in [0.5, 0.6) is 0 Å². The molecule has 4 heteroatoms. The molecule has 0 radical (unpaired) electrons. The summed E-state index contributed by atoms with van der Waals surface area (Å²) in [6.07, 6.45) is 0. The molecule has 0 aliphatic heterocycles. The summed E-state index contributed by atoms with van der Waals surface area (Å²) >= 11 is 0. The molecule has 2 heterocycles. The van der Waals surface area contributed by atoms with Gasteiger partial charge in [-0.15, -0.1) is 0 Å².